The maximum atomic E-state index is 13.2. The first-order valence-electron chi connectivity index (χ1n) is 9.08. The molecule has 7 nitrogen and oxygen atoms in total. The fourth-order valence-electron chi connectivity index (χ4n) is 4.58. The molecule has 2 aliphatic heterocycles. The summed E-state index contributed by atoms with van der Waals surface area (Å²) >= 11 is 0. The zero-order valence-electron chi connectivity index (χ0n) is 14.5. The molecule has 2 aromatic rings. The molecule has 2 aromatic carbocycles. The highest BCUT2D eigenvalue weighted by Gasteiger charge is 2.42. The summed E-state index contributed by atoms with van der Waals surface area (Å²) < 4.78 is 0. The van der Waals surface area contributed by atoms with Crippen molar-refractivity contribution in [2.24, 2.45) is 5.73 Å². The van der Waals surface area contributed by atoms with Crippen LogP contribution in [0.25, 0.3) is 10.8 Å². The number of hydrogen-bond acceptors (Lipinski definition) is 5. The van der Waals surface area contributed by atoms with E-state index >= 15 is 0 Å². The molecule has 3 N–H and O–H groups in total. The summed E-state index contributed by atoms with van der Waals surface area (Å²) in [5.74, 6) is -1.85. The van der Waals surface area contributed by atoms with Crippen molar-refractivity contribution in [1.29, 1.82) is 0 Å². The van der Waals surface area contributed by atoms with E-state index in [4.69, 9.17) is 5.73 Å². The summed E-state index contributed by atoms with van der Waals surface area (Å²) in [6, 6.07) is 5.64. The molecule has 2 atom stereocenters. The molecule has 0 spiro atoms. The van der Waals surface area contributed by atoms with Crippen LogP contribution < -0.4 is 11.1 Å². The molecule has 3 aliphatic rings. The maximum absolute atomic E-state index is 13.2. The number of hydrogen-bond donors (Lipinski definition) is 2. The normalized spacial score (nSPS) is 24.4. The second kappa shape index (κ2) is 5.47. The minimum absolute atomic E-state index is 0.242. The third-order valence-corrected chi connectivity index (χ3v) is 5.89. The number of imide groups is 2. The number of rotatable bonds is 1. The van der Waals surface area contributed by atoms with E-state index in [1.165, 1.54) is 4.90 Å². The van der Waals surface area contributed by atoms with Crippen LogP contribution in [0.3, 0.4) is 0 Å². The van der Waals surface area contributed by atoms with Gasteiger partial charge in [-0.3, -0.25) is 29.4 Å². The van der Waals surface area contributed by atoms with Gasteiger partial charge in [0.15, 0.2) is 0 Å². The molecule has 5 rings (SSSR count). The summed E-state index contributed by atoms with van der Waals surface area (Å²) in [4.78, 5) is 52.1. The molecule has 27 heavy (non-hydrogen) atoms. The molecule has 2 heterocycles. The van der Waals surface area contributed by atoms with E-state index in [0.717, 1.165) is 19.3 Å². The van der Waals surface area contributed by atoms with Crippen molar-refractivity contribution < 1.29 is 19.2 Å². The highest BCUT2D eigenvalue weighted by molar-refractivity contribution is 6.33. The first kappa shape index (κ1) is 16.1. The van der Waals surface area contributed by atoms with Crippen LogP contribution in [0.1, 0.15) is 67.1 Å². The minimum Gasteiger partial charge on any atom is -0.326 e. The Morgan fingerprint density at radius 1 is 0.778 bits per heavy atom. The van der Waals surface area contributed by atoms with Crippen LogP contribution in [-0.2, 0) is 0 Å². The molecule has 0 radical (unpaired) electrons. The predicted molar refractivity (Wildman–Crippen MR) is 96.5 cm³/mol. The van der Waals surface area contributed by atoms with Crippen LogP contribution in [-0.4, -0.2) is 40.6 Å². The van der Waals surface area contributed by atoms with Gasteiger partial charge in [0.2, 0.25) is 0 Å². The van der Waals surface area contributed by atoms with Gasteiger partial charge in [0.1, 0.15) is 0 Å². The van der Waals surface area contributed by atoms with Gasteiger partial charge in [-0.05, 0) is 37.1 Å². The van der Waals surface area contributed by atoms with Gasteiger partial charge in [-0.25, -0.2) is 0 Å². The Kier molecular flexibility index (Phi) is 3.27. The van der Waals surface area contributed by atoms with Gasteiger partial charge in [0.05, 0.1) is 6.04 Å². The lowest BCUT2D eigenvalue weighted by Gasteiger charge is -2.39. The zero-order chi connectivity index (χ0) is 18.9. The van der Waals surface area contributed by atoms with Gasteiger partial charge in [-0.15, -0.1) is 0 Å². The average molecular weight is 363 g/mol. The Labute approximate surface area is 154 Å². The Morgan fingerprint density at radius 3 is 1.81 bits per heavy atom. The number of amides is 4. The number of benzene rings is 2. The molecule has 1 aliphatic carbocycles. The molecule has 2 unspecified atom stereocenters. The van der Waals surface area contributed by atoms with Gasteiger partial charge < -0.3 is 5.73 Å². The van der Waals surface area contributed by atoms with Gasteiger partial charge in [0, 0.05) is 39.1 Å². The van der Waals surface area contributed by atoms with E-state index in [-0.39, 0.29) is 12.1 Å². The maximum Gasteiger partial charge on any atom is 0.261 e. The van der Waals surface area contributed by atoms with Crippen molar-refractivity contribution in [2.45, 2.75) is 37.8 Å². The van der Waals surface area contributed by atoms with Gasteiger partial charge in [-0.2, -0.15) is 0 Å². The molecule has 0 saturated heterocycles. The van der Waals surface area contributed by atoms with Gasteiger partial charge in [0.25, 0.3) is 23.6 Å². The van der Waals surface area contributed by atoms with E-state index in [2.05, 4.69) is 5.32 Å². The summed E-state index contributed by atoms with van der Waals surface area (Å²) in [5.41, 5.74) is 7.50. The molecule has 4 amide bonds. The molecule has 1 saturated carbocycles. The van der Waals surface area contributed by atoms with Crippen molar-refractivity contribution in [3.63, 3.8) is 0 Å². The standard InChI is InChI=1S/C20H17N3O4/c21-13-3-1-2-4-14(13)23-19(26)11-7-5-9-15-10(18(25)22-17(9)24)6-8-12(16(11)15)20(23)27/h5-8,13-14H,1-4,21H2,(H,22,24,25). The fraction of sp³-hybridized carbons (Fsp3) is 0.300. The van der Waals surface area contributed by atoms with E-state index in [9.17, 15) is 19.2 Å². The van der Waals surface area contributed by atoms with E-state index in [1.807, 2.05) is 0 Å². The lowest BCUT2D eigenvalue weighted by Crippen LogP contribution is -2.55. The topological polar surface area (TPSA) is 110 Å². The zero-order valence-corrected chi connectivity index (χ0v) is 14.5. The van der Waals surface area contributed by atoms with Crippen molar-refractivity contribution >= 4 is 34.4 Å². The second-order valence-electron chi connectivity index (χ2n) is 7.35. The monoisotopic (exact) mass is 363 g/mol. The first-order chi connectivity index (χ1) is 13.0. The van der Waals surface area contributed by atoms with Crippen LogP contribution >= 0.6 is 0 Å². The van der Waals surface area contributed by atoms with E-state index in [0.29, 0.717) is 39.4 Å². The summed E-state index contributed by atoms with van der Waals surface area (Å²) in [6.45, 7) is 0. The van der Waals surface area contributed by atoms with Crippen LogP contribution in [0.15, 0.2) is 24.3 Å². The quantitative estimate of drug-likeness (QED) is 0.748. The number of carbonyl (C=O) groups excluding carboxylic acids is 4. The van der Waals surface area contributed by atoms with Crippen LogP contribution in [0.2, 0.25) is 0 Å². The lowest BCUT2D eigenvalue weighted by atomic mass is 9.84. The minimum atomic E-state index is -0.521. The van der Waals surface area contributed by atoms with Crippen molar-refractivity contribution in [3.8, 4) is 0 Å². The van der Waals surface area contributed by atoms with Gasteiger partial charge in [-0.1, -0.05) is 12.8 Å². The average Bonchev–Trinajstić information content (AvgIpc) is 2.66. The number of nitrogens with two attached hydrogens (primary N) is 1. The summed E-state index contributed by atoms with van der Waals surface area (Å²) in [6.07, 6.45) is 3.37. The fourth-order valence-corrected chi connectivity index (χ4v) is 4.58. The van der Waals surface area contributed by atoms with E-state index < -0.39 is 23.6 Å². The summed E-state index contributed by atoms with van der Waals surface area (Å²) in [7, 11) is 0. The molecule has 7 heteroatoms. The molecule has 0 bridgehead atoms. The Morgan fingerprint density at radius 2 is 1.26 bits per heavy atom. The van der Waals surface area contributed by atoms with Crippen molar-refractivity contribution in [2.75, 3.05) is 0 Å². The highest BCUT2D eigenvalue weighted by Crippen LogP contribution is 2.38. The molecule has 1 fully saturated rings. The highest BCUT2D eigenvalue weighted by atomic mass is 16.2. The smallest absolute Gasteiger partial charge is 0.261 e. The van der Waals surface area contributed by atoms with Crippen molar-refractivity contribution in [3.05, 3.63) is 46.5 Å². The Hall–Kier alpha value is -3.06. The van der Waals surface area contributed by atoms with Crippen LogP contribution in [0.5, 0.6) is 0 Å². The van der Waals surface area contributed by atoms with Crippen LogP contribution in [0.4, 0.5) is 0 Å². The molecular formula is C20H17N3O4. The number of nitrogens with zero attached hydrogens (tertiary/aromatic N) is 1. The second-order valence-corrected chi connectivity index (χ2v) is 7.35. The lowest BCUT2D eigenvalue weighted by molar-refractivity contribution is 0.0478. The first-order valence-corrected chi connectivity index (χ1v) is 9.08. The SMILES string of the molecule is NC1CCCCC1N1C(=O)c2ccc3c4c(ccc(c24)C1=O)C(=O)NC3=O. The van der Waals surface area contributed by atoms with Crippen molar-refractivity contribution in [1.82, 2.24) is 10.2 Å². The van der Waals surface area contributed by atoms with Gasteiger partial charge >= 0.3 is 0 Å². The third kappa shape index (κ3) is 2.06. The van der Waals surface area contributed by atoms with Crippen LogP contribution in [0, 0.1) is 0 Å². The Balaban J connectivity index is 1.76. The predicted octanol–water partition coefficient (Wildman–Crippen LogP) is 1.59. The molecular weight excluding hydrogens is 346 g/mol. The summed E-state index contributed by atoms with van der Waals surface area (Å²) in [5, 5.41) is 3.06. The molecule has 0 aromatic heterocycles. The number of nitrogens with one attached hydrogen (secondary N) is 1. The molecule has 136 valence electrons. The number of carbonyl (C=O) groups is 4. The van der Waals surface area contributed by atoms with E-state index in [1.54, 1.807) is 24.3 Å². The largest absolute Gasteiger partial charge is 0.326 e. The third-order valence-electron chi connectivity index (χ3n) is 5.89. The Bertz CT molecular complexity index is 1010.